The average molecular weight is 302 g/mol. The van der Waals surface area contributed by atoms with Gasteiger partial charge in [-0.15, -0.1) is 0 Å². The topological polar surface area (TPSA) is 61.9 Å². The van der Waals surface area contributed by atoms with Crippen molar-refractivity contribution in [2.75, 3.05) is 13.1 Å². The molecule has 19 heavy (non-hydrogen) atoms. The first-order valence-electron chi connectivity index (χ1n) is 6.24. The fraction of sp³-hybridized carbons (Fsp3) is 0.462. The number of hydrogen-bond acceptors (Lipinski definition) is 3. The number of rotatable bonds is 3. The Balaban J connectivity index is 1.92. The van der Waals surface area contributed by atoms with E-state index in [1.807, 2.05) is 12.1 Å². The molecule has 0 aromatic heterocycles. The van der Waals surface area contributed by atoms with Crippen LogP contribution in [-0.2, 0) is 6.54 Å². The molecule has 1 heterocycles. The summed E-state index contributed by atoms with van der Waals surface area (Å²) in [5.41, 5.74) is 6.71. The fourth-order valence-corrected chi connectivity index (χ4v) is 2.83. The number of oxime groups is 1. The maximum atomic E-state index is 8.67. The summed E-state index contributed by atoms with van der Waals surface area (Å²) in [7, 11) is 0. The van der Waals surface area contributed by atoms with Gasteiger partial charge >= 0.3 is 0 Å². The Bertz CT molecular complexity index is 471. The third kappa shape index (κ3) is 3.75. The number of nitrogens with zero attached hydrogens (tertiary/aromatic N) is 2. The number of benzene rings is 1. The fourth-order valence-electron chi connectivity index (χ4n) is 2.36. The van der Waals surface area contributed by atoms with Crippen LogP contribution in [0.5, 0.6) is 0 Å². The van der Waals surface area contributed by atoms with Crippen LogP contribution in [0.4, 0.5) is 0 Å². The molecule has 0 atom stereocenters. The molecule has 0 radical (unpaired) electrons. The van der Waals surface area contributed by atoms with Crippen molar-refractivity contribution in [3.8, 4) is 0 Å². The van der Waals surface area contributed by atoms with Crippen LogP contribution >= 0.6 is 23.2 Å². The molecule has 1 aliphatic rings. The minimum Gasteiger partial charge on any atom is -0.409 e. The summed E-state index contributed by atoms with van der Waals surface area (Å²) in [6.07, 6.45) is 1.81. The third-order valence-corrected chi connectivity index (χ3v) is 4.12. The van der Waals surface area contributed by atoms with E-state index in [0.29, 0.717) is 15.9 Å². The van der Waals surface area contributed by atoms with E-state index in [2.05, 4.69) is 10.1 Å². The van der Waals surface area contributed by atoms with Crippen molar-refractivity contribution in [1.29, 1.82) is 0 Å². The normalized spacial score (nSPS) is 18.7. The van der Waals surface area contributed by atoms with Crippen LogP contribution in [0.3, 0.4) is 0 Å². The summed E-state index contributed by atoms with van der Waals surface area (Å²) < 4.78 is 0. The Morgan fingerprint density at radius 2 is 2.05 bits per heavy atom. The van der Waals surface area contributed by atoms with Crippen LogP contribution in [0.25, 0.3) is 0 Å². The van der Waals surface area contributed by atoms with Crippen LogP contribution in [0, 0.1) is 5.92 Å². The molecule has 6 heteroatoms. The molecule has 1 fully saturated rings. The second-order valence-electron chi connectivity index (χ2n) is 4.81. The van der Waals surface area contributed by atoms with Gasteiger partial charge in [0.25, 0.3) is 0 Å². The number of halogens is 2. The molecule has 3 N–H and O–H groups in total. The van der Waals surface area contributed by atoms with Crippen molar-refractivity contribution in [1.82, 2.24) is 4.90 Å². The van der Waals surface area contributed by atoms with E-state index >= 15 is 0 Å². The molecule has 0 aliphatic carbocycles. The zero-order valence-corrected chi connectivity index (χ0v) is 12.0. The number of nitrogens with two attached hydrogens (primary N) is 1. The Morgan fingerprint density at radius 3 is 2.63 bits per heavy atom. The highest BCUT2D eigenvalue weighted by atomic mass is 35.5. The minimum absolute atomic E-state index is 0.182. The van der Waals surface area contributed by atoms with E-state index in [0.717, 1.165) is 38.0 Å². The summed E-state index contributed by atoms with van der Waals surface area (Å²) in [4.78, 5) is 2.32. The van der Waals surface area contributed by atoms with Crippen molar-refractivity contribution in [2.24, 2.45) is 16.8 Å². The lowest BCUT2D eigenvalue weighted by Crippen LogP contribution is -2.38. The highest BCUT2D eigenvalue weighted by Gasteiger charge is 2.22. The summed E-state index contributed by atoms with van der Waals surface area (Å²) in [5.74, 6) is 0.520. The zero-order valence-electron chi connectivity index (χ0n) is 10.5. The highest BCUT2D eigenvalue weighted by molar-refractivity contribution is 6.35. The number of hydrogen-bond donors (Lipinski definition) is 2. The average Bonchev–Trinajstić information content (AvgIpc) is 2.42. The third-order valence-electron chi connectivity index (χ3n) is 3.53. The van der Waals surface area contributed by atoms with Gasteiger partial charge in [-0.3, -0.25) is 4.90 Å². The Hall–Kier alpha value is -0.970. The quantitative estimate of drug-likeness (QED) is 0.390. The van der Waals surface area contributed by atoms with Crippen LogP contribution in [0.1, 0.15) is 18.4 Å². The van der Waals surface area contributed by atoms with E-state index < -0.39 is 0 Å². The molecule has 0 saturated carbocycles. The van der Waals surface area contributed by atoms with Crippen molar-refractivity contribution in [3.63, 3.8) is 0 Å². The van der Waals surface area contributed by atoms with Gasteiger partial charge in [0.15, 0.2) is 0 Å². The lowest BCUT2D eigenvalue weighted by molar-refractivity contribution is 0.198. The van der Waals surface area contributed by atoms with Gasteiger partial charge in [-0.1, -0.05) is 34.4 Å². The first-order valence-corrected chi connectivity index (χ1v) is 6.99. The lowest BCUT2D eigenvalue weighted by Gasteiger charge is -2.31. The summed E-state index contributed by atoms with van der Waals surface area (Å²) in [6.45, 7) is 2.64. The van der Waals surface area contributed by atoms with Gasteiger partial charge in [0.05, 0.1) is 0 Å². The van der Waals surface area contributed by atoms with Gasteiger partial charge in [0.1, 0.15) is 5.84 Å². The van der Waals surface area contributed by atoms with Gasteiger partial charge in [-0.2, -0.15) is 0 Å². The molecule has 1 aromatic carbocycles. The van der Waals surface area contributed by atoms with Gasteiger partial charge in [-0.05, 0) is 43.6 Å². The second-order valence-corrected chi connectivity index (χ2v) is 5.65. The van der Waals surface area contributed by atoms with E-state index in [9.17, 15) is 0 Å². The van der Waals surface area contributed by atoms with E-state index in [1.165, 1.54) is 0 Å². The van der Waals surface area contributed by atoms with Gasteiger partial charge < -0.3 is 10.9 Å². The standard InChI is InChI=1S/C13H17Cl2N3O/c14-11-2-1-10(12(15)7-11)8-18-5-3-9(4-6-18)13(16)17-19/h1-2,7,9,19H,3-6,8H2,(H2,16,17). The Morgan fingerprint density at radius 1 is 1.37 bits per heavy atom. The maximum Gasteiger partial charge on any atom is 0.142 e. The molecule has 2 rings (SSSR count). The smallest absolute Gasteiger partial charge is 0.142 e. The Labute approximate surface area is 122 Å². The van der Waals surface area contributed by atoms with Crippen LogP contribution in [0.15, 0.2) is 23.4 Å². The van der Waals surface area contributed by atoms with Gasteiger partial charge in [0, 0.05) is 22.5 Å². The maximum absolute atomic E-state index is 8.67. The van der Waals surface area contributed by atoms with Crippen molar-refractivity contribution in [3.05, 3.63) is 33.8 Å². The van der Waals surface area contributed by atoms with Crippen molar-refractivity contribution in [2.45, 2.75) is 19.4 Å². The SMILES string of the molecule is NC(=NO)C1CCN(Cc2ccc(Cl)cc2Cl)CC1. The lowest BCUT2D eigenvalue weighted by atomic mass is 9.95. The molecule has 4 nitrogen and oxygen atoms in total. The monoisotopic (exact) mass is 301 g/mol. The molecule has 1 saturated heterocycles. The highest BCUT2D eigenvalue weighted by Crippen LogP contribution is 2.24. The van der Waals surface area contributed by atoms with E-state index in [-0.39, 0.29) is 5.92 Å². The van der Waals surface area contributed by atoms with Crippen molar-refractivity contribution >= 4 is 29.0 Å². The summed E-state index contributed by atoms with van der Waals surface area (Å²) in [5, 5.41) is 13.1. The zero-order chi connectivity index (χ0) is 13.8. The molecular weight excluding hydrogens is 285 g/mol. The van der Waals surface area contributed by atoms with Gasteiger partial charge in [0.2, 0.25) is 0 Å². The molecule has 0 bridgehead atoms. The summed E-state index contributed by atoms with van der Waals surface area (Å²) >= 11 is 12.0. The molecule has 104 valence electrons. The number of amidine groups is 1. The van der Waals surface area contributed by atoms with Crippen LogP contribution in [0.2, 0.25) is 10.0 Å². The first kappa shape index (κ1) is 14.4. The Kier molecular flexibility index (Phi) is 4.91. The summed E-state index contributed by atoms with van der Waals surface area (Å²) in [6, 6.07) is 5.58. The molecule has 0 spiro atoms. The molecule has 0 unspecified atom stereocenters. The minimum atomic E-state index is 0.182. The largest absolute Gasteiger partial charge is 0.409 e. The molecule has 1 aromatic rings. The van der Waals surface area contributed by atoms with Gasteiger partial charge in [-0.25, -0.2) is 0 Å². The number of likely N-dealkylation sites (tertiary alicyclic amines) is 1. The second kappa shape index (κ2) is 6.46. The number of piperidine rings is 1. The van der Waals surface area contributed by atoms with E-state index in [1.54, 1.807) is 6.07 Å². The molecule has 0 amide bonds. The van der Waals surface area contributed by atoms with Crippen LogP contribution < -0.4 is 5.73 Å². The molecule has 1 aliphatic heterocycles. The predicted octanol–water partition coefficient (Wildman–Crippen LogP) is 2.95. The predicted molar refractivity (Wildman–Crippen MR) is 77.9 cm³/mol. The first-order chi connectivity index (χ1) is 9.10. The van der Waals surface area contributed by atoms with Crippen molar-refractivity contribution < 1.29 is 5.21 Å². The van der Waals surface area contributed by atoms with Crippen LogP contribution in [-0.4, -0.2) is 29.0 Å². The molecular formula is C13H17Cl2N3O. The van der Waals surface area contributed by atoms with E-state index in [4.69, 9.17) is 34.1 Å².